The molecule has 1 amide bonds. The van der Waals surface area contributed by atoms with Crippen LogP contribution in [0, 0.1) is 0 Å². The van der Waals surface area contributed by atoms with Crippen molar-refractivity contribution in [1.29, 1.82) is 0 Å². The van der Waals surface area contributed by atoms with Crippen LogP contribution in [-0.2, 0) is 14.8 Å². The average molecular weight is 286 g/mol. The fourth-order valence-electron chi connectivity index (χ4n) is 1.19. The van der Waals surface area contributed by atoms with Crippen molar-refractivity contribution in [2.75, 3.05) is 16.6 Å². The number of carbonyl (C=O) groups excluding carboxylic acids is 1. The Bertz CT molecular complexity index is 523. The fourth-order valence-corrected chi connectivity index (χ4v) is 1.89. The van der Waals surface area contributed by atoms with Gasteiger partial charge in [-0.15, -0.1) is 0 Å². The second-order valence-electron chi connectivity index (χ2n) is 4.12. The van der Waals surface area contributed by atoms with Gasteiger partial charge in [0.25, 0.3) is 0 Å². The molecule has 19 heavy (non-hydrogen) atoms. The Morgan fingerprint density at radius 2 is 1.74 bits per heavy atom. The number of nitrogens with one attached hydrogen (secondary N) is 2. The van der Waals surface area contributed by atoms with Crippen LogP contribution in [0.2, 0.25) is 0 Å². The van der Waals surface area contributed by atoms with Gasteiger partial charge in [0.2, 0.25) is 10.0 Å². The van der Waals surface area contributed by atoms with Crippen LogP contribution >= 0.6 is 0 Å². The van der Waals surface area contributed by atoms with Gasteiger partial charge >= 0.3 is 6.09 Å². The number of rotatable bonds is 5. The molecule has 1 aromatic rings. The van der Waals surface area contributed by atoms with Crippen LogP contribution in [-0.4, -0.2) is 26.4 Å². The quantitative estimate of drug-likeness (QED) is 0.870. The predicted octanol–water partition coefficient (Wildman–Crippen LogP) is 2.41. The maximum Gasteiger partial charge on any atom is 0.411 e. The van der Waals surface area contributed by atoms with Crippen molar-refractivity contribution < 1.29 is 17.9 Å². The van der Waals surface area contributed by atoms with Gasteiger partial charge in [0.15, 0.2) is 0 Å². The van der Waals surface area contributed by atoms with Crippen LogP contribution in [0.15, 0.2) is 24.3 Å². The van der Waals surface area contributed by atoms with Gasteiger partial charge in [-0.05, 0) is 45.0 Å². The van der Waals surface area contributed by atoms with E-state index in [1.54, 1.807) is 45.0 Å². The molecule has 0 aliphatic heterocycles. The second-order valence-corrected chi connectivity index (χ2v) is 6.36. The molecule has 7 heteroatoms. The number of anilines is 2. The molecule has 0 spiro atoms. The average Bonchev–Trinajstić information content (AvgIpc) is 2.31. The highest BCUT2D eigenvalue weighted by Crippen LogP contribution is 2.16. The number of amides is 1. The molecule has 0 aromatic heterocycles. The Morgan fingerprint density at radius 1 is 1.21 bits per heavy atom. The van der Waals surface area contributed by atoms with E-state index in [1.807, 2.05) is 0 Å². The first-order valence-corrected chi connectivity index (χ1v) is 7.45. The van der Waals surface area contributed by atoms with Crippen LogP contribution in [0.25, 0.3) is 0 Å². The predicted molar refractivity (Wildman–Crippen MR) is 74.8 cm³/mol. The molecule has 6 nitrogen and oxygen atoms in total. The summed E-state index contributed by atoms with van der Waals surface area (Å²) in [4.78, 5) is 11.2. The maximum absolute atomic E-state index is 11.6. The van der Waals surface area contributed by atoms with Crippen molar-refractivity contribution in [3.05, 3.63) is 24.3 Å². The van der Waals surface area contributed by atoms with E-state index in [-0.39, 0.29) is 6.61 Å². The lowest BCUT2D eigenvalue weighted by Crippen LogP contribution is -2.22. The molecule has 0 aliphatic carbocycles. The van der Waals surface area contributed by atoms with E-state index in [2.05, 4.69) is 10.0 Å². The van der Waals surface area contributed by atoms with Crippen LogP contribution < -0.4 is 10.0 Å². The Labute approximate surface area is 113 Å². The lowest BCUT2D eigenvalue weighted by Gasteiger charge is -2.11. The van der Waals surface area contributed by atoms with Crippen LogP contribution in [0.5, 0.6) is 0 Å². The summed E-state index contributed by atoms with van der Waals surface area (Å²) in [5, 5.41) is 2.01. The fraction of sp³-hybridized carbons (Fsp3) is 0.417. The van der Waals surface area contributed by atoms with E-state index >= 15 is 0 Å². The van der Waals surface area contributed by atoms with Gasteiger partial charge in [0, 0.05) is 11.4 Å². The van der Waals surface area contributed by atoms with Gasteiger partial charge in [0.05, 0.1) is 11.9 Å². The minimum Gasteiger partial charge on any atom is -0.450 e. The van der Waals surface area contributed by atoms with E-state index in [0.717, 1.165) is 0 Å². The Balaban J connectivity index is 2.69. The third-order valence-electron chi connectivity index (χ3n) is 2.29. The summed E-state index contributed by atoms with van der Waals surface area (Å²) in [5.41, 5.74) is 0.981. The molecule has 0 heterocycles. The SMILES string of the molecule is CCOC(=O)Nc1ccc(NS(=O)(=O)C(C)C)cc1. The molecule has 0 aliphatic rings. The molecule has 0 saturated carbocycles. The summed E-state index contributed by atoms with van der Waals surface area (Å²) in [6.45, 7) is 5.19. The minimum atomic E-state index is -3.36. The zero-order valence-electron chi connectivity index (χ0n) is 11.1. The van der Waals surface area contributed by atoms with Gasteiger partial charge in [-0.2, -0.15) is 0 Å². The zero-order chi connectivity index (χ0) is 14.5. The van der Waals surface area contributed by atoms with E-state index < -0.39 is 21.4 Å². The standard InChI is InChI=1S/C12H18N2O4S/c1-4-18-12(15)13-10-5-7-11(8-6-10)14-19(16,17)9(2)3/h5-9,14H,4H2,1-3H3,(H,13,15). The van der Waals surface area contributed by atoms with Gasteiger partial charge in [0.1, 0.15) is 0 Å². The van der Waals surface area contributed by atoms with Gasteiger partial charge in [-0.25, -0.2) is 13.2 Å². The first-order chi connectivity index (χ1) is 8.85. The molecule has 0 unspecified atom stereocenters. The van der Waals surface area contributed by atoms with E-state index in [1.165, 1.54) is 0 Å². The molecular weight excluding hydrogens is 268 g/mol. The van der Waals surface area contributed by atoms with Crippen LogP contribution in [0.1, 0.15) is 20.8 Å². The highest BCUT2D eigenvalue weighted by Gasteiger charge is 2.15. The summed E-state index contributed by atoms with van der Waals surface area (Å²) in [6.07, 6.45) is -0.544. The van der Waals surface area contributed by atoms with Gasteiger partial charge in [-0.3, -0.25) is 10.0 Å². The van der Waals surface area contributed by atoms with Crippen molar-refractivity contribution in [3.63, 3.8) is 0 Å². The molecule has 2 N–H and O–H groups in total. The largest absolute Gasteiger partial charge is 0.450 e. The zero-order valence-corrected chi connectivity index (χ0v) is 12.0. The normalized spacial score (nSPS) is 11.2. The number of carbonyl (C=O) groups is 1. The highest BCUT2D eigenvalue weighted by atomic mass is 32.2. The summed E-state index contributed by atoms with van der Waals surface area (Å²) >= 11 is 0. The number of benzene rings is 1. The van der Waals surface area contributed by atoms with Crippen molar-refractivity contribution in [1.82, 2.24) is 0 Å². The molecule has 1 aromatic carbocycles. The minimum absolute atomic E-state index is 0.290. The van der Waals surface area contributed by atoms with Gasteiger partial charge < -0.3 is 4.74 Å². The Morgan fingerprint density at radius 3 is 2.21 bits per heavy atom. The van der Waals surface area contributed by atoms with Crippen LogP contribution in [0.4, 0.5) is 16.2 Å². The van der Waals surface area contributed by atoms with E-state index in [0.29, 0.717) is 11.4 Å². The lowest BCUT2D eigenvalue weighted by molar-refractivity contribution is 0.168. The Kier molecular flexibility index (Phi) is 5.17. The monoisotopic (exact) mass is 286 g/mol. The third kappa shape index (κ3) is 4.78. The molecule has 0 fully saturated rings. The number of ether oxygens (including phenoxy) is 1. The van der Waals surface area contributed by atoms with E-state index in [4.69, 9.17) is 4.74 Å². The number of sulfonamides is 1. The molecule has 0 radical (unpaired) electrons. The summed E-state index contributed by atoms with van der Waals surface area (Å²) < 4.78 is 30.5. The molecule has 1 rings (SSSR count). The first-order valence-electron chi connectivity index (χ1n) is 5.90. The van der Waals surface area contributed by atoms with Gasteiger partial charge in [-0.1, -0.05) is 0 Å². The van der Waals surface area contributed by atoms with Crippen molar-refractivity contribution in [3.8, 4) is 0 Å². The summed E-state index contributed by atoms with van der Waals surface area (Å²) in [5.74, 6) is 0. The topological polar surface area (TPSA) is 84.5 Å². The van der Waals surface area contributed by atoms with E-state index in [9.17, 15) is 13.2 Å². The Hall–Kier alpha value is -1.76. The van der Waals surface area contributed by atoms with Crippen molar-refractivity contribution in [2.24, 2.45) is 0 Å². The molecular formula is C12H18N2O4S. The van der Waals surface area contributed by atoms with Crippen LogP contribution in [0.3, 0.4) is 0 Å². The number of hydrogen-bond acceptors (Lipinski definition) is 4. The molecule has 106 valence electrons. The second kappa shape index (κ2) is 6.42. The highest BCUT2D eigenvalue weighted by molar-refractivity contribution is 7.93. The smallest absolute Gasteiger partial charge is 0.411 e. The summed E-state index contributed by atoms with van der Waals surface area (Å²) in [6, 6.07) is 6.33. The first kappa shape index (κ1) is 15.3. The lowest BCUT2D eigenvalue weighted by atomic mass is 10.3. The molecule has 0 bridgehead atoms. The van der Waals surface area contributed by atoms with Crippen molar-refractivity contribution >= 4 is 27.5 Å². The third-order valence-corrected chi connectivity index (χ3v) is 4.05. The number of hydrogen-bond donors (Lipinski definition) is 2. The maximum atomic E-state index is 11.6. The molecule has 0 atom stereocenters. The van der Waals surface area contributed by atoms with Crippen molar-refractivity contribution in [2.45, 2.75) is 26.0 Å². The molecule has 0 saturated heterocycles. The summed E-state index contributed by atoms with van der Waals surface area (Å²) in [7, 11) is -3.36.